The molecule has 2 heterocycles. The van der Waals surface area contributed by atoms with E-state index in [0.717, 1.165) is 22.9 Å². The van der Waals surface area contributed by atoms with E-state index in [-0.39, 0.29) is 12.3 Å². The molecule has 3 amide bonds. The standard InChI is InChI=1S/C26H35N5O7/c1-3-14(2)22(25(36)30-20(26(37)38)12-21(32)33)31-24(35)19(29-23(34)18-9-6-10-27-18)11-15-13-28-17-8-5-4-7-16(15)17/h4-5,7-8,13-14,18-20,22,27-28H,3,6,9-12H2,1-2H3,(H,29,34)(H,30,36)(H,31,35)(H,32,33)(H,37,38). The van der Waals surface area contributed by atoms with E-state index in [1.54, 1.807) is 20.0 Å². The molecule has 1 fully saturated rings. The number of aliphatic carboxylic acids is 2. The lowest BCUT2D eigenvalue weighted by Gasteiger charge is -2.28. The third-order valence-corrected chi connectivity index (χ3v) is 6.90. The molecule has 3 rings (SSSR count). The van der Waals surface area contributed by atoms with Crippen molar-refractivity contribution in [1.82, 2.24) is 26.3 Å². The average Bonchev–Trinajstić information content (AvgIpc) is 3.56. The molecule has 7 N–H and O–H groups in total. The van der Waals surface area contributed by atoms with Gasteiger partial charge in [-0.15, -0.1) is 0 Å². The molecular formula is C26H35N5O7. The molecule has 38 heavy (non-hydrogen) atoms. The molecule has 1 saturated heterocycles. The smallest absolute Gasteiger partial charge is 0.326 e. The van der Waals surface area contributed by atoms with Crippen molar-refractivity contribution in [2.75, 3.05) is 6.54 Å². The Hall–Kier alpha value is -3.93. The minimum atomic E-state index is -1.65. The highest BCUT2D eigenvalue weighted by atomic mass is 16.4. The van der Waals surface area contributed by atoms with E-state index in [1.165, 1.54) is 0 Å². The number of hydrogen-bond donors (Lipinski definition) is 7. The second-order valence-electron chi connectivity index (χ2n) is 9.64. The van der Waals surface area contributed by atoms with Gasteiger partial charge in [-0.3, -0.25) is 19.2 Å². The van der Waals surface area contributed by atoms with Crippen molar-refractivity contribution >= 4 is 40.6 Å². The summed E-state index contributed by atoms with van der Waals surface area (Å²) < 4.78 is 0. The summed E-state index contributed by atoms with van der Waals surface area (Å²) in [6.45, 7) is 4.22. The Morgan fingerprint density at radius 1 is 1.03 bits per heavy atom. The van der Waals surface area contributed by atoms with Gasteiger partial charge in [0.05, 0.1) is 12.5 Å². The molecule has 0 aliphatic carbocycles. The number of carboxylic acid groups (broad SMARTS) is 2. The first-order valence-corrected chi connectivity index (χ1v) is 12.7. The van der Waals surface area contributed by atoms with Crippen LogP contribution in [-0.4, -0.2) is 75.6 Å². The molecule has 5 unspecified atom stereocenters. The molecule has 5 atom stereocenters. The van der Waals surface area contributed by atoms with Crippen LogP contribution >= 0.6 is 0 Å². The molecule has 1 aromatic carbocycles. The van der Waals surface area contributed by atoms with Crippen LogP contribution in [0.1, 0.15) is 45.1 Å². The number of benzene rings is 1. The molecule has 12 heteroatoms. The monoisotopic (exact) mass is 529 g/mol. The van der Waals surface area contributed by atoms with Crippen LogP contribution in [0.2, 0.25) is 0 Å². The van der Waals surface area contributed by atoms with E-state index in [0.29, 0.717) is 19.4 Å². The van der Waals surface area contributed by atoms with Crippen molar-refractivity contribution in [3.05, 3.63) is 36.0 Å². The van der Waals surface area contributed by atoms with Crippen LogP contribution in [-0.2, 0) is 30.4 Å². The molecule has 0 radical (unpaired) electrons. The summed E-state index contributed by atoms with van der Waals surface area (Å²) >= 11 is 0. The van der Waals surface area contributed by atoms with Gasteiger partial charge < -0.3 is 36.5 Å². The van der Waals surface area contributed by atoms with Gasteiger partial charge in [-0.05, 0) is 36.9 Å². The first-order valence-electron chi connectivity index (χ1n) is 12.7. The van der Waals surface area contributed by atoms with Gasteiger partial charge in [-0.1, -0.05) is 38.5 Å². The molecule has 0 bridgehead atoms. The number of hydrogen-bond acceptors (Lipinski definition) is 6. The number of carboxylic acids is 2. The predicted molar refractivity (Wildman–Crippen MR) is 138 cm³/mol. The number of carbonyl (C=O) groups is 5. The number of H-pyrrole nitrogens is 1. The Bertz CT molecular complexity index is 1170. The topological polar surface area (TPSA) is 190 Å². The van der Waals surface area contributed by atoms with Crippen LogP contribution in [0.3, 0.4) is 0 Å². The summed E-state index contributed by atoms with van der Waals surface area (Å²) in [6.07, 6.45) is 3.07. The van der Waals surface area contributed by atoms with Gasteiger partial charge >= 0.3 is 11.9 Å². The number of aromatic amines is 1. The average molecular weight is 530 g/mol. The van der Waals surface area contributed by atoms with Crippen LogP contribution in [0.25, 0.3) is 10.9 Å². The molecule has 0 saturated carbocycles. The zero-order valence-corrected chi connectivity index (χ0v) is 21.5. The minimum Gasteiger partial charge on any atom is -0.481 e. The maximum Gasteiger partial charge on any atom is 0.326 e. The number of amides is 3. The number of carbonyl (C=O) groups excluding carboxylic acids is 3. The SMILES string of the molecule is CCC(C)C(NC(=O)C(Cc1c[nH]c2ccccc12)NC(=O)C1CCCN1)C(=O)NC(CC(=O)O)C(=O)O. The Morgan fingerprint density at radius 3 is 2.39 bits per heavy atom. The summed E-state index contributed by atoms with van der Waals surface area (Å²) in [6, 6.07) is 3.31. The quantitative estimate of drug-likeness (QED) is 0.195. The van der Waals surface area contributed by atoms with Crippen molar-refractivity contribution in [2.45, 2.75) is 70.1 Å². The van der Waals surface area contributed by atoms with Gasteiger partial charge in [0.15, 0.2) is 0 Å². The molecule has 1 aliphatic rings. The maximum absolute atomic E-state index is 13.5. The van der Waals surface area contributed by atoms with Crippen LogP contribution in [0, 0.1) is 5.92 Å². The van der Waals surface area contributed by atoms with Crippen LogP contribution in [0.15, 0.2) is 30.5 Å². The van der Waals surface area contributed by atoms with Crippen molar-refractivity contribution < 1.29 is 34.2 Å². The molecule has 1 aromatic heterocycles. The van der Waals surface area contributed by atoms with Gasteiger partial charge in [0.2, 0.25) is 17.7 Å². The van der Waals surface area contributed by atoms with Gasteiger partial charge in [0, 0.05) is 23.5 Å². The maximum atomic E-state index is 13.5. The Morgan fingerprint density at radius 2 is 1.76 bits per heavy atom. The Balaban J connectivity index is 1.82. The summed E-state index contributed by atoms with van der Waals surface area (Å²) in [5.74, 6) is -5.02. The van der Waals surface area contributed by atoms with Crippen molar-refractivity contribution in [2.24, 2.45) is 5.92 Å². The van der Waals surface area contributed by atoms with E-state index in [1.807, 2.05) is 24.3 Å². The van der Waals surface area contributed by atoms with E-state index < -0.39 is 60.3 Å². The highest BCUT2D eigenvalue weighted by Gasteiger charge is 2.34. The molecule has 0 spiro atoms. The van der Waals surface area contributed by atoms with Crippen LogP contribution in [0.5, 0.6) is 0 Å². The summed E-state index contributed by atoms with van der Waals surface area (Å²) in [5.41, 5.74) is 1.68. The number of nitrogens with one attached hydrogen (secondary N) is 5. The van der Waals surface area contributed by atoms with E-state index in [4.69, 9.17) is 5.11 Å². The second-order valence-corrected chi connectivity index (χ2v) is 9.64. The van der Waals surface area contributed by atoms with Gasteiger partial charge in [0.25, 0.3) is 0 Å². The van der Waals surface area contributed by atoms with Gasteiger partial charge in [-0.25, -0.2) is 4.79 Å². The number of rotatable bonds is 13. The molecule has 206 valence electrons. The normalized spacial score (nSPS) is 18.2. The van der Waals surface area contributed by atoms with Crippen molar-refractivity contribution in [3.8, 4) is 0 Å². The molecular weight excluding hydrogens is 494 g/mol. The Labute approximate surface area is 219 Å². The van der Waals surface area contributed by atoms with Gasteiger partial charge in [-0.2, -0.15) is 0 Å². The van der Waals surface area contributed by atoms with Crippen LogP contribution in [0.4, 0.5) is 0 Å². The first-order chi connectivity index (χ1) is 18.1. The third-order valence-electron chi connectivity index (χ3n) is 6.90. The fraction of sp³-hybridized carbons (Fsp3) is 0.500. The largest absolute Gasteiger partial charge is 0.481 e. The minimum absolute atomic E-state index is 0.153. The Kier molecular flexibility index (Phi) is 9.83. The van der Waals surface area contributed by atoms with Crippen LogP contribution < -0.4 is 21.3 Å². The fourth-order valence-corrected chi connectivity index (χ4v) is 4.50. The van der Waals surface area contributed by atoms with Crippen molar-refractivity contribution in [3.63, 3.8) is 0 Å². The summed E-state index contributed by atoms with van der Waals surface area (Å²) in [4.78, 5) is 65.2. The zero-order chi connectivity index (χ0) is 27.8. The first kappa shape index (κ1) is 28.6. The van der Waals surface area contributed by atoms with E-state index in [2.05, 4.69) is 26.3 Å². The zero-order valence-electron chi connectivity index (χ0n) is 21.5. The van der Waals surface area contributed by atoms with Gasteiger partial charge in [0.1, 0.15) is 18.1 Å². The van der Waals surface area contributed by atoms with E-state index >= 15 is 0 Å². The summed E-state index contributed by atoms with van der Waals surface area (Å²) in [5, 5.41) is 30.1. The highest BCUT2D eigenvalue weighted by molar-refractivity contribution is 5.95. The highest BCUT2D eigenvalue weighted by Crippen LogP contribution is 2.20. The lowest BCUT2D eigenvalue weighted by atomic mass is 9.96. The number of fused-ring (bicyclic) bond motifs is 1. The number of aromatic nitrogens is 1. The lowest BCUT2D eigenvalue weighted by molar-refractivity contribution is -0.147. The molecule has 1 aliphatic heterocycles. The predicted octanol–water partition coefficient (Wildman–Crippen LogP) is 0.522. The summed E-state index contributed by atoms with van der Waals surface area (Å²) in [7, 11) is 0. The number of para-hydroxylation sites is 1. The lowest BCUT2D eigenvalue weighted by Crippen LogP contribution is -2.59. The third kappa shape index (κ3) is 7.31. The van der Waals surface area contributed by atoms with Crippen molar-refractivity contribution in [1.29, 1.82) is 0 Å². The molecule has 12 nitrogen and oxygen atoms in total. The molecule has 2 aromatic rings. The van der Waals surface area contributed by atoms with E-state index in [9.17, 15) is 29.1 Å². The second kappa shape index (κ2) is 13.0. The fourth-order valence-electron chi connectivity index (χ4n) is 4.50.